The van der Waals surface area contributed by atoms with Gasteiger partial charge < -0.3 is 103 Å². The fourth-order valence-electron chi connectivity index (χ4n) is 24.8. The van der Waals surface area contributed by atoms with Crippen LogP contribution in [0.25, 0.3) is 0 Å². The number of carboxylic acids is 12. The molecule has 6 aliphatic rings. The number of rotatable bonds is 43. The number of unbranched alkanes of at least 4 members (excludes halogenated alkanes) is 12. The Morgan fingerprint density at radius 1 is 0.203 bits per heavy atom. The van der Waals surface area contributed by atoms with Crippen molar-refractivity contribution in [2.75, 3.05) is 0 Å². The fraction of sp³-hybridized carbons (Fsp3) is 0.875. The summed E-state index contributed by atoms with van der Waals surface area (Å²) in [6.07, 6.45) is 21.8. The van der Waals surface area contributed by atoms with Crippen LogP contribution in [0.4, 0.5) is 0 Å². The quantitative estimate of drug-likeness (QED) is 0.0252. The average Bonchev–Trinajstić information content (AvgIpc) is 0.742. The van der Waals surface area contributed by atoms with Crippen molar-refractivity contribution in [2.45, 2.75) is 481 Å². The van der Waals surface area contributed by atoms with Crippen molar-refractivity contribution in [1.29, 1.82) is 0 Å². The van der Waals surface area contributed by atoms with Gasteiger partial charge in [0.2, 0.25) is 0 Å². The van der Waals surface area contributed by atoms with Gasteiger partial charge >= 0.3 is 71.6 Å². The first-order valence-corrected chi connectivity index (χ1v) is 46.7. The lowest BCUT2D eigenvalue weighted by atomic mass is 9.52. The normalized spacial score (nSPS) is 21.8. The lowest BCUT2D eigenvalue weighted by Crippen LogP contribution is -2.65. The van der Waals surface area contributed by atoms with E-state index in [0.29, 0.717) is 38.5 Å². The first-order valence-electron chi connectivity index (χ1n) is 46.7. The average molecular weight is 1830 g/mol. The first kappa shape index (κ1) is 117. The molecule has 32 nitrogen and oxygen atoms in total. The third kappa shape index (κ3) is 38.5. The molecule has 6 aliphatic heterocycles. The van der Waals surface area contributed by atoms with Crippen molar-refractivity contribution in [3.8, 4) is 0 Å². The van der Waals surface area contributed by atoms with E-state index in [1.54, 1.807) is 0 Å². The molecule has 0 aromatic carbocycles. The van der Waals surface area contributed by atoms with Crippen LogP contribution < -0.4 is 31.9 Å². The molecule has 0 radical (unpaired) electrons. The zero-order chi connectivity index (χ0) is 99.3. The molecule has 0 aliphatic carbocycles. The second-order valence-corrected chi connectivity index (χ2v) is 47.0. The van der Waals surface area contributed by atoms with Crippen molar-refractivity contribution in [2.24, 2.45) is 51.8 Å². The summed E-state index contributed by atoms with van der Waals surface area (Å²) in [6, 6.07) is 0. The Kier molecular flexibility index (Phi) is 42.5. The van der Waals surface area contributed by atoms with E-state index in [2.05, 4.69) is 198 Å². The van der Waals surface area contributed by atoms with E-state index in [4.69, 9.17) is 56.2 Å². The Hall–Kier alpha value is -6.68. The summed E-state index contributed by atoms with van der Waals surface area (Å²) >= 11 is 0. The van der Waals surface area contributed by atoms with Gasteiger partial charge in [-0.3, -0.25) is 47.9 Å². The molecule has 32 heteroatoms. The minimum Gasteiger partial charge on any atom is -0.481 e. The molecule has 0 saturated carbocycles. The second kappa shape index (κ2) is 46.3. The highest BCUT2D eigenvalue weighted by molar-refractivity contribution is 5.89. The predicted octanol–water partition coefficient (Wildman–Crippen LogP) is 15.5. The molecule has 6 fully saturated rings. The van der Waals surface area contributed by atoms with E-state index in [1.165, 1.54) is 0 Å². The van der Waals surface area contributed by atoms with E-state index >= 15 is 0 Å². The lowest BCUT2D eigenvalue weighted by Gasteiger charge is -2.57. The summed E-state index contributed by atoms with van der Waals surface area (Å²) in [5.74, 6) is -13.4. The van der Waals surface area contributed by atoms with Crippen molar-refractivity contribution in [3.63, 3.8) is 0 Å². The Morgan fingerprint density at radius 2 is 0.328 bits per heavy atom. The molecule has 0 atom stereocenters. The zero-order valence-electron chi connectivity index (χ0n) is 82.3. The maximum atomic E-state index is 13.4. The van der Waals surface area contributed by atoms with Crippen LogP contribution in [0.2, 0.25) is 0 Å². The highest BCUT2D eigenvalue weighted by Gasteiger charge is 2.62. The van der Waals surface area contributed by atoms with Crippen LogP contribution in [0.3, 0.4) is 0 Å². The largest absolute Gasteiger partial charge is 0.481 e. The van der Waals surface area contributed by atoms with Gasteiger partial charge in [0.15, 0.2) is 11.2 Å². The van der Waals surface area contributed by atoms with Crippen LogP contribution in [-0.2, 0) is 57.5 Å². The molecule has 6 heterocycles. The highest BCUT2D eigenvalue weighted by atomic mass is 16.4. The van der Waals surface area contributed by atoms with Gasteiger partial charge in [0, 0.05) is 85.7 Å². The van der Waals surface area contributed by atoms with E-state index in [9.17, 15) is 72.9 Å². The standard InChI is InChI=1S/3C28H52N2O4.2C6H8O7/c3*1-24(2)16-20(17-25(3,4)29-24)28(23(33)34,15-13-11-9-10-12-14-22(31)32)21-18-26(5,6)30-27(7,8)19-21;2*7-3(8)1-6(13,5(11)12)2-4(9)10/h3*20-21,29-30H,9-19H2,1-8H3,(H,31,32)(H,33,34);2*13H,1-2H2,(H,7,8)(H,9,10)(H,11,12). The molecule has 742 valence electrons. The van der Waals surface area contributed by atoms with E-state index in [1.807, 2.05) is 0 Å². The van der Waals surface area contributed by atoms with E-state index < -0.39 is 125 Å². The molecule has 0 bridgehead atoms. The van der Waals surface area contributed by atoms with E-state index in [0.717, 1.165) is 154 Å². The summed E-state index contributed by atoms with van der Waals surface area (Å²) in [6.45, 7) is 53.1. The van der Waals surface area contributed by atoms with Crippen molar-refractivity contribution < 1.29 is 129 Å². The van der Waals surface area contributed by atoms with Crippen molar-refractivity contribution >= 4 is 71.6 Å². The Balaban J connectivity index is 0.000000570. The Labute approximate surface area is 762 Å². The first-order chi connectivity index (χ1) is 57.7. The summed E-state index contributed by atoms with van der Waals surface area (Å²) in [7, 11) is 0. The molecule has 6 saturated heterocycles. The van der Waals surface area contributed by atoms with Crippen LogP contribution in [0, 0.1) is 51.8 Å². The molecule has 6 rings (SSSR count). The predicted molar refractivity (Wildman–Crippen MR) is 488 cm³/mol. The number of carbonyl (C=O) groups is 12. The molecule has 0 aromatic heterocycles. The second-order valence-electron chi connectivity index (χ2n) is 47.0. The van der Waals surface area contributed by atoms with Gasteiger partial charge in [-0.15, -0.1) is 0 Å². The van der Waals surface area contributed by atoms with Crippen LogP contribution in [0.1, 0.15) is 404 Å². The number of piperidine rings is 6. The smallest absolute Gasteiger partial charge is 0.336 e. The molecule has 128 heavy (non-hydrogen) atoms. The van der Waals surface area contributed by atoms with Crippen LogP contribution in [0.5, 0.6) is 0 Å². The number of hydrogen-bond donors (Lipinski definition) is 20. The lowest BCUT2D eigenvalue weighted by molar-refractivity contribution is -0.170. The van der Waals surface area contributed by atoms with E-state index in [-0.39, 0.29) is 121 Å². The van der Waals surface area contributed by atoms with Gasteiger partial charge in [-0.25, -0.2) is 9.59 Å². The Morgan fingerprint density at radius 3 is 0.438 bits per heavy atom. The monoisotopic (exact) mass is 1830 g/mol. The summed E-state index contributed by atoms with van der Waals surface area (Å²) in [4.78, 5) is 134. The van der Waals surface area contributed by atoms with Crippen LogP contribution >= 0.6 is 0 Å². The van der Waals surface area contributed by atoms with Crippen molar-refractivity contribution in [3.05, 3.63) is 0 Å². The number of carboxylic acid groups (broad SMARTS) is 12. The third-order valence-corrected chi connectivity index (χ3v) is 27.2. The minimum absolute atomic E-state index is 0.109. The van der Waals surface area contributed by atoms with Crippen LogP contribution in [0.15, 0.2) is 0 Å². The van der Waals surface area contributed by atoms with Gasteiger partial charge in [0.1, 0.15) is 0 Å². The van der Waals surface area contributed by atoms with Crippen LogP contribution in [-0.4, -0.2) is 221 Å². The maximum Gasteiger partial charge on any atom is 0.336 e. The van der Waals surface area contributed by atoms with Gasteiger partial charge in [-0.2, -0.15) is 0 Å². The summed E-state index contributed by atoms with van der Waals surface area (Å²) < 4.78 is 0. The van der Waals surface area contributed by atoms with Gasteiger partial charge in [0.25, 0.3) is 0 Å². The zero-order valence-corrected chi connectivity index (χ0v) is 82.3. The minimum atomic E-state index is -2.74. The van der Waals surface area contributed by atoms with Gasteiger partial charge in [-0.05, 0) is 317 Å². The number of nitrogens with one attached hydrogen (secondary N) is 6. The molecule has 0 spiro atoms. The molecular formula is C96H172N6O26. The number of hydrogen-bond acceptors (Lipinski definition) is 20. The molecule has 0 aromatic rings. The SMILES string of the molecule is CC1(C)CC(C(CCCCCCCC(=O)O)(C(=O)O)C2CC(C)(C)NC(C)(C)C2)CC(C)(C)N1.CC1(C)CC(C(CCCCCCCC(=O)O)(C(=O)O)C2CC(C)(C)NC(C)(C)C2)CC(C)(C)N1.CC1(C)CC(C(CCCCCCCC(=O)O)(C(=O)O)C2CC(C)(C)NC(C)(C)C2)CC(C)(C)N1.O=C(O)CC(O)(CC(=O)O)C(=O)O.O=C(O)CC(O)(CC(=O)O)C(=O)O. The molecular weight excluding hydrogens is 1650 g/mol. The van der Waals surface area contributed by atoms with Gasteiger partial charge in [-0.1, -0.05) is 77.0 Å². The number of aliphatic hydroxyl groups is 2. The topological polar surface area (TPSA) is 560 Å². The van der Waals surface area contributed by atoms with Gasteiger partial charge in [0.05, 0.1) is 41.9 Å². The molecule has 20 N–H and O–H groups in total. The summed E-state index contributed by atoms with van der Waals surface area (Å²) in [5, 5.41) is 150. The third-order valence-electron chi connectivity index (χ3n) is 27.2. The maximum absolute atomic E-state index is 13.4. The molecule has 0 amide bonds. The molecule has 0 unspecified atom stereocenters. The Bertz CT molecular complexity index is 3140. The summed E-state index contributed by atoms with van der Waals surface area (Å²) in [5.41, 5.74) is -9.05. The fourth-order valence-corrected chi connectivity index (χ4v) is 24.8. The number of aliphatic carboxylic acids is 12. The van der Waals surface area contributed by atoms with Crippen molar-refractivity contribution in [1.82, 2.24) is 31.9 Å². The highest BCUT2D eigenvalue weighted by Crippen LogP contribution is 2.59.